The molecule has 4 nitrogen and oxygen atoms in total. The van der Waals surface area contributed by atoms with E-state index in [1.165, 1.54) is 0 Å². The van der Waals surface area contributed by atoms with Crippen LogP contribution in [0.5, 0.6) is 0 Å². The Labute approximate surface area is 94.9 Å². The lowest BCUT2D eigenvalue weighted by Gasteiger charge is -2.40. The van der Waals surface area contributed by atoms with Crippen molar-refractivity contribution >= 4 is 5.97 Å². The molecule has 1 unspecified atom stereocenters. The van der Waals surface area contributed by atoms with E-state index in [0.717, 1.165) is 31.0 Å². The van der Waals surface area contributed by atoms with Crippen LogP contribution >= 0.6 is 0 Å². The number of carboxylic acids is 1. The van der Waals surface area contributed by atoms with Gasteiger partial charge in [0.15, 0.2) is 0 Å². The van der Waals surface area contributed by atoms with Crippen LogP contribution in [0.2, 0.25) is 0 Å². The average Bonchev–Trinajstić information content (AvgIpc) is 2.56. The molecule has 1 fully saturated rings. The lowest BCUT2D eigenvalue weighted by molar-refractivity contribution is -0.145. The van der Waals surface area contributed by atoms with Gasteiger partial charge in [0, 0.05) is 13.1 Å². The molecule has 1 aromatic rings. The van der Waals surface area contributed by atoms with Crippen molar-refractivity contribution in [2.24, 2.45) is 11.8 Å². The van der Waals surface area contributed by atoms with E-state index in [2.05, 4.69) is 4.90 Å². The molecule has 0 bridgehead atoms. The predicted molar refractivity (Wildman–Crippen MR) is 59.0 cm³/mol. The average molecular weight is 223 g/mol. The number of likely N-dealkylation sites (tertiary alicyclic amines) is 1. The molecule has 1 atom stereocenters. The zero-order valence-electron chi connectivity index (χ0n) is 9.64. The monoisotopic (exact) mass is 223 g/mol. The van der Waals surface area contributed by atoms with Crippen molar-refractivity contribution in [2.45, 2.75) is 20.4 Å². The van der Waals surface area contributed by atoms with E-state index in [0.29, 0.717) is 0 Å². The molecule has 1 N–H and O–H groups in total. The second-order valence-electron chi connectivity index (χ2n) is 4.61. The van der Waals surface area contributed by atoms with Crippen molar-refractivity contribution in [1.29, 1.82) is 0 Å². The van der Waals surface area contributed by atoms with Crippen molar-refractivity contribution in [2.75, 3.05) is 13.1 Å². The summed E-state index contributed by atoms with van der Waals surface area (Å²) in [6.07, 6.45) is 1.70. The number of aryl methyl sites for hydroxylation is 1. The summed E-state index contributed by atoms with van der Waals surface area (Å²) in [5.41, 5.74) is 1.16. The topological polar surface area (TPSA) is 53.7 Å². The zero-order chi connectivity index (χ0) is 11.7. The van der Waals surface area contributed by atoms with Crippen molar-refractivity contribution in [1.82, 2.24) is 4.90 Å². The van der Waals surface area contributed by atoms with Crippen LogP contribution in [0.15, 0.2) is 16.7 Å². The third-order valence-electron chi connectivity index (χ3n) is 3.42. The molecule has 1 aromatic heterocycles. The predicted octanol–water partition coefficient (Wildman–Crippen LogP) is 1.74. The standard InChI is InChI=1S/C12H17NO3/c1-8-3-4-16-11(8)7-13-5-10(6-13)9(2)12(14)15/h3-4,9-10H,5-7H2,1-2H3,(H,14,15). The van der Waals surface area contributed by atoms with E-state index in [1.807, 2.05) is 13.0 Å². The number of carbonyl (C=O) groups is 1. The van der Waals surface area contributed by atoms with Gasteiger partial charge in [-0.2, -0.15) is 0 Å². The minimum atomic E-state index is -0.696. The Bertz CT molecular complexity index is 379. The van der Waals surface area contributed by atoms with E-state index >= 15 is 0 Å². The fourth-order valence-corrected chi connectivity index (χ4v) is 2.03. The van der Waals surface area contributed by atoms with Gasteiger partial charge in [-0.05, 0) is 24.5 Å². The second-order valence-corrected chi connectivity index (χ2v) is 4.61. The van der Waals surface area contributed by atoms with Gasteiger partial charge in [0.1, 0.15) is 5.76 Å². The summed E-state index contributed by atoms with van der Waals surface area (Å²) in [5.74, 6) is 0.335. The molecule has 88 valence electrons. The molecule has 1 aliphatic heterocycles. The zero-order valence-corrected chi connectivity index (χ0v) is 9.64. The highest BCUT2D eigenvalue weighted by Crippen LogP contribution is 2.26. The van der Waals surface area contributed by atoms with E-state index in [-0.39, 0.29) is 11.8 Å². The van der Waals surface area contributed by atoms with Crippen LogP contribution in [0.1, 0.15) is 18.2 Å². The van der Waals surface area contributed by atoms with Gasteiger partial charge < -0.3 is 9.52 Å². The molecule has 1 saturated heterocycles. The first kappa shape index (κ1) is 11.2. The van der Waals surface area contributed by atoms with Crippen LogP contribution in [0.4, 0.5) is 0 Å². The van der Waals surface area contributed by atoms with Crippen molar-refractivity contribution in [3.05, 3.63) is 23.7 Å². The highest BCUT2D eigenvalue weighted by Gasteiger charge is 2.34. The van der Waals surface area contributed by atoms with Gasteiger partial charge in [0.2, 0.25) is 0 Å². The van der Waals surface area contributed by atoms with Crippen molar-refractivity contribution < 1.29 is 14.3 Å². The van der Waals surface area contributed by atoms with E-state index < -0.39 is 5.97 Å². The third kappa shape index (κ3) is 2.11. The Kier molecular flexibility index (Phi) is 3.01. The maximum Gasteiger partial charge on any atom is 0.306 e. The van der Waals surface area contributed by atoms with E-state index in [1.54, 1.807) is 13.2 Å². The minimum Gasteiger partial charge on any atom is -0.481 e. The fourth-order valence-electron chi connectivity index (χ4n) is 2.03. The van der Waals surface area contributed by atoms with Gasteiger partial charge in [-0.15, -0.1) is 0 Å². The normalized spacial score (nSPS) is 19.4. The van der Waals surface area contributed by atoms with Crippen LogP contribution in [0.3, 0.4) is 0 Å². The van der Waals surface area contributed by atoms with Gasteiger partial charge in [-0.3, -0.25) is 9.69 Å². The summed E-state index contributed by atoms with van der Waals surface area (Å²) >= 11 is 0. The second kappa shape index (κ2) is 4.29. The molecule has 16 heavy (non-hydrogen) atoms. The first-order valence-electron chi connectivity index (χ1n) is 5.56. The summed E-state index contributed by atoms with van der Waals surface area (Å²) in [6.45, 7) is 6.31. The van der Waals surface area contributed by atoms with Gasteiger partial charge in [0.25, 0.3) is 0 Å². The highest BCUT2D eigenvalue weighted by atomic mass is 16.4. The van der Waals surface area contributed by atoms with Crippen molar-refractivity contribution in [3.63, 3.8) is 0 Å². The maximum atomic E-state index is 10.8. The molecule has 2 rings (SSSR count). The number of rotatable bonds is 4. The molecule has 0 spiro atoms. The SMILES string of the molecule is Cc1ccoc1CN1CC(C(C)C(=O)O)C1. The number of hydrogen-bond donors (Lipinski definition) is 1. The molecule has 0 radical (unpaired) electrons. The first-order chi connectivity index (χ1) is 7.58. The Hall–Kier alpha value is -1.29. The number of nitrogens with zero attached hydrogens (tertiary/aromatic N) is 1. The number of aliphatic carboxylic acids is 1. The Morgan fingerprint density at radius 1 is 1.69 bits per heavy atom. The molecular weight excluding hydrogens is 206 g/mol. The van der Waals surface area contributed by atoms with Crippen LogP contribution in [0.25, 0.3) is 0 Å². The largest absolute Gasteiger partial charge is 0.481 e. The highest BCUT2D eigenvalue weighted by molar-refractivity contribution is 5.70. The molecule has 4 heteroatoms. The summed E-state index contributed by atoms with van der Waals surface area (Å²) in [4.78, 5) is 13.0. The Morgan fingerprint density at radius 2 is 2.38 bits per heavy atom. The maximum absolute atomic E-state index is 10.8. The number of hydrogen-bond acceptors (Lipinski definition) is 3. The molecule has 0 saturated carbocycles. The molecule has 0 aromatic carbocycles. The summed E-state index contributed by atoms with van der Waals surface area (Å²) in [5, 5.41) is 8.87. The molecular formula is C12H17NO3. The molecule has 0 amide bonds. The van der Waals surface area contributed by atoms with Crippen LogP contribution in [0, 0.1) is 18.8 Å². The quantitative estimate of drug-likeness (QED) is 0.844. The lowest BCUT2D eigenvalue weighted by Crippen LogP contribution is -2.50. The Morgan fingerprint density at radius 3 is 2.88 bits per heavy atom. The van der Waals surface area contributed by atoms with Crippen LogP contribution < -0.4 is 0 Å². The molecule has 1 aliphatic rings. The first-order valence-corrected chi connectivity index (χ1v) is 5.56. The van der Waals surface area contributed by atoms with Gasteiger partial charge in [0.05, 0.1) is 18.7 Å². The molecule has 0 aliphatic carbocycles. The van der Waals surface area contributed by atoms with Crippen LogP contribution in [-0.2, 0) is 11.3 Å². The third-order valence-corrected chi connectivity index (χ3v) is 3.42. The summed E-state index contributed by atoms with van der Waals surface area (Å²) in [7, 11) is 0. The van der Waals surface area contributed by atoms with E-state index in [4.69, 9.17) is 9.52 Å². The summed E-state index contributed by atoms with van der Waals surface area (Å²) in [6, 6.07) is 1.95. The van der Waals surface area contributed by atoms with Crippen molar-refractivity contribution in [3.8, 4) is 0 Å². The van der Waals surface area contributed by atoms with E-state index in [9.17, 15) is 4.79 Å². The smallest absolute Gasteiger partial charge is 0.306 e. The summed E-state index contributed by atoms with van der Waals surface area (Å²) < 4.78 is 5.36. The number of carboxylic acid groups (broad SMARTS) is 1. The Balaban J connectivity index is 1.81. The fraction of sp³-hybridized carbons (Fsp3) is 0.583. The van der Waals surface area contributed by atoms with Crippen LogP contribution in [-0.4, -0.2) is 29.1 Å². The lowest BCUT2D eigenvalue weighted by atomic mass is 9.87. The minimum absolute atomic E-state index is 0.242. The number of furan rings is 1. The molecule has 2 heterocycles. The van der Waals surface area contributed by atoms with Gasteiger partial charge >= 0.3 is 5.97 Å². The van der Waals surface area contributed by atoms with Gasteiger partial charge in [-0.1, -0.05) is 6.92 Å². The van der Waals surface area contributed by atoms with Gasteiger partial charge in [-0.25, -0.2) is 0 Å².